The smallest absolute Gasteiger partial charge is 0.304 e. The van der Waals surface area contributed by atoms with Gasteiger partial charge in [-0.2, -0.15) is 0 Å². The summed E-state index contributed by atoms with van der Waals surface area (Å²) >= 11 is 1.14. The zero-order valence-corrected chi connectivity index (χ0v) is 10.9. The van der Waals surface area contributed by atoms with Gasteiger partial charge in [-0.05, 0) is 5.56 Å². The van der Waals surface area contributed by atoms with Crippen LogP contribution in [-0.2, 0) is 13.1 Å². The lowest BCUT2D eigenvalue weighted by Crippen LogP contribution is -2.20. The second-order valence-corrected chi connectivity index (χ2v) is 4.76. The van der Waals surface area contributed by atoms with Gasteiger partial charge in [0.2, 0.25) is 0 Å². The lowest BCUT2D eigenvalue weighted by atomic mass is 10.1. The maximum atomic E-state index is 11.0. The first-order valence-electron chi connectivity index (χ1n) is 5.64. The fourth-order valence-corrected chi connectivity index (χ4v) is 2.29. The first kappa shape index (κ1) is 13.3. The van der Waals surface area contributed by atoms with Gasteiger partial charge in [0.15, 0.2) is 5.84 Å². The maximum Gasteiger partial charge on any atom is 0.304 e. The molecule has 5 N–H and O–H groups in total. The van der Waals surface area contributed by atoms with E-state index in [0.29, 0.717) is 18.7 Å². The summed E-state index contributed by atoms with van der Waals surface area (Å²) in [5, 5.41) is 16.7. The molecule has 6 nitrogen and oxygen atoms in total. The number of hydrogen-bond acceptors (Lipinski definition) is 5. The standard InChI is InChI=1S/C12H14N4O2S/c13-11(16-18)10-4-2-1-3-8(10)5-14-6-9-7-19-12(17)15-9/h1-4,7,14,18H,5-6H2,(H2,13,16)(H,15,17). The molecule has 0 saturated carbocycles. The minimum absolute atomic E-state index is 0.0612. The van der Waals surface area contributed by atoms with Gasteiger partial charge < -0.3 is 21.2 Å². The third-order valence-corrected chi connectivity index (χ3v) is 3.32. The van der Waals surface area contributed by atoms with Gasteiger partial charge in [0, 0.05) is 29.7 Å². The van der Waals surface area contributed by atoms with E-state index in [1.165, 1.54) is 0 Å². The van der Waals surface area contributed by atoms with E-state index in [2.05, 4.69) is 15.5 Å². The van der Waals surface area contributed by atoms with E-state index in [1.807, 2.05) is 18.2 Å². The Morgan fingerprint density at radius 3 is 2.89 bits per heavy atom. The monoisotopic (exact) mass is 278 g/mol. The number of nitrogens with two attached hydrogens (primary N) is 1. The molecule has 2 rings (SSSR count). The Morgan fingerprint density at radius 1 is 1.42 bits per heavy atom. The number of nitrogens with zero attached hydrogens (tertiary/aromatic N) is 1. The first-order chi connectivity index (χ1) is 9.20. The number of thiazole rings is 1. The summed E-state index contributed by atoms with van der Waals surface area (Å²) in [6.07, 6.45) is 0. The summed E-state index contributed by atoms with van der Waals surface area (Å²) in [5.41, 5.74) is 8.07. The summed E-state index contributed by atoms with van der Waals surface area (Å²) in [5.74, 6) is 0.0846. The van der Waals surface area contributed by atoms with Crippen molar-refractivity contribution in [3.63, 3.8) is 0 Å². The van der Waals surface area contributed by atoms with E-state index in [1.54, 1.807) is 11.4 Å². The number of rotatable bonds is 5. The second kappa shape index (κ2) is 6.17. The van der Waals surface area contributed by atoms with Gasteiger partial charge >= 0.3 is 4.87 Å². The van der Waals surface area contributed by atoms with Crippen LogP contribution in [0, 0.1) is 0 Å². The number of aromatic amines is 1. The van der Waals surface area contributed by atoms with Gasteiger partial charge in [0.05, 0.1) is 0 Å². The molecule has 0 amide bonds. The zero-order valence-electron chi connectivity index (χ0n) is 10.1. The Labute approximate surface area is 113 Å². The van der Waals surface area contributed by atoms with Crippen LogP contribution in [0.25, 0.3) is 0 Å². The molecule has 0 radical (unpaired) electrons. The number of oxime groups is 1. The van der Waals surface area contributed by atoms with Crippen molar-refractivity contribution in [3.8, 4) is 0 Å². The van der Waals surface area contributed by atoms with E-state index in [-0.39, 0.29) is 10.7 Å². The number of nitrogens with one attached hydrogen (secondary N) is 2. The fourth-order valence-electron chi connectivity index (χ4n) is 1.71. The third kappa shape index (κ3) is 3.43. The van der Waals surface area contributed by atoms with Gasteiger partial charge in [-0.3, -0.25) is 4.79 Å². The Hall–Kier alpha value is -2.12. The largest absolute Gasteiger partial charge is 0.409 e. The highest BCUT2D eigenvalue weighted by Gasteiger charge is 2.06. The number of benzene rings is 1. The molecule has 1 aromatic heterocycles. The van der Waals surface area contributed by atoms with Crippen molar-refractivity contribution in [3.05, 3.63) is 56.1 Å². The van der Waals surface area contributed by atoms with Crippen LogP contribution in [-0.4, -0.2) is 16.0 Å². The van der Waals surface area contributed by atoms with Crippen LogP contribution >= 0.6 is 11.3 Å². The van der Waals surface area contributed by atoms with Crippen molar-refractivity contribution < 1.29 is 5.21 Å². The lowest BCUT2D eigenvalue weighted by Gasteiger charge is -2.08. The molecule has 0 aliphatic rings. The highest BCUT2D eigenvalue weighted by atomic mass is 32.1. The predicted molar refractivity (Wildman–Crippen MR) is 74.4 cm³/mol. The number of amidine groups is 1. The van der Waals surface area contributed by atoms with Gasteiger partial charge in [0.1, 0.15) is 0 Å². The Bertz CT molecular complexity index is 632. The molecule has 100 valence electrons. The molecule has 0 unspecified atom stereocenters. The SMILES string of the molecule is N/C(=N/O)c1ccccc1CNCc1csc(=O)[nH]1. The molecule has 0 atom stereocenters. The molecular weight excluding hydrogens is 264 g/mol. The highest BCUT2D eigenvalue weighted by Crippen LogP contribution is 2.08. The first-order valence-corrected chi connectivity index (χ1v) is 6.52. The van der Waals surface area contributed by atoms with E-state index in [9.17, 15) is 4.79 Å². The third-order valence-electron chi connectivity index (χ3n) is 2.60. The molecule has 0 aliphatic carbocycles. The summed E-state index contributed by atoms with van der Waals surface area (Å²) in [6.45, 7) is 1.12. The number of aromatic nitrogens is 1. The Morgan fingerprint density at radius 2 is 2.21 bits per heavy atom. The van der Waals surface area contributed by atoms with Crippen LogP contribution < -0.4 is 15.9 Å². The van der Waals surface area contributed by atoms with E-state index in [0.717, 1.165) is 22.6 Å². The van der Waals surface area contributed by atoms with Crippen molar-refractivity contribution in [2.45, 2.75) is 13.1 Å². The molecule has 0 fully saturated rings. The predicted octanol–water partition coefficient (Wildman–Crippen LogP) is 0.821. The minimum atomic E-state index is -0.0612. The highest BCUT2D eigenvalue weighted by molar-refractivity contribution is 7.07. The molecule has 1 aromatic carbocycles. The maximum absolute atomic E-state index is 11.0. The average Bonchev–Trinajstić information content (AvgIpc) is 2.84. The second-order valence-electron chi connectivity index (χ2n) is 3.92. The van der Waals surface area contributed by atoms with Crippen LogP contribution in [0.3, 0.4) is 0 Å². The van der Waals surface area contributed by atoms with Crippen molar-refractivity contribution in [2.75, 3.05) is 0 Å². The summed E-state index contributed by atoms with van der Waals surface area (Å²) < 4.78 is 0. The minimum Gasteiger partial charge on any atom is -0.409 e. The van der Waals surface area contributed by atoms with Gasteiger partial charge in [0.25, 0.3) is 0 Å². The Balaban J connectivity index is 2.01. The molecule has 0 bridgehead atoms. The molecule has 0 saturated heterocycles. The van der Waals surface area contributed by atoms with Gasteiger partial charge in [-0.1, -0.05) is 40.8 Å². The fraction of sp³-hybridized carbons (Fsp3) is 0.167. The molecule has 2 aromatic rings. The Kier molecular flexibility index (Phi) is 4.32. The molecule has 19 heavy (non-hydrogen) atoms. The van der Waals surface area contributed by atoms with E-state index >= 15 is 0 Å². The topological polar surface area (TPSA) is 104 Å². The van der Waals surface area contributed by atoms with Crippen molar-refractivity contribution in [1.82, 2.24) is 10.3 Å². The molecular formula is C12H14N4O2S. The number of H-pyrrole nitrogens is 1. The summed E-state index contributed by atoms with van der Waals surface area (Å²) in [6, 6.07) is 7.40. The summed E-state index contributed by atoms with van der Waals surface area (Å²) in [4.78, 5) is 13.6. The molecule has 0 spiro atoms. The van der Waals surface area contributed by atoms with Gasteiger partial charge in [-0.15, -0.1) is 0 Å². The molecule has 7 heteroatoms. The van der Waals surface area contributed by atoms with Crippen LogP contribution in [0.2, 0.25) is 0 Å². The van der Waals surface area contributed by atoms with Crippen molar-refractivity contribution >= 4 is 17.2 Å². The van der Waals surface area contributed by atoms with E-state index < -0.39 is 0 Å². The van der Waals surface area contributed by atoms with Crippen molar-refractivity contribution in [1.29, 1.82) is 0 Å². The quantitative estimate of drug-likeness (QED) is 0.281. The molecule has 0 aliphatic heterocycles. The van der Waals surface area contributed by atoms with Crippen LogP contribution in [0.4, 0.5) is 0 Å². The zero-order chi connectivity index (χ0) is 13.7. The van der Waals surface area contributed by atoms with Crippen LogP contribution in [0.5, 0.6) is 0 Å². The van der Waals surface area contributed by atoms with Gasteiger partial charge in [-0.25, -0.2) is 0 Å². The normalized spacial score (nSPS) is 11.7. The lowest BCUT2D eigenvalue weighted by molar-refractivity contribution is 0.318. The van der Waals surface area contributed by atoms with E-state index in [4.69, 9.17) is 10.9 Å². The average molecular weight is 278 g/mol. The van der Waals surface area contributed by atoms with Crippen LogP contribution in [0.15, 0.2) is 39.6 Å². The number of hydrogen-bond donors (Lipinski definition) is 4. The van der Waals surface area contributed by atoms with Crippen LogP contribution in [0.1, 0.15) is 16.8 Å². The summed E-state index contributed by atoms with van der Waals surface area (Å²) in [7, 11) is 0. The molecule has 1 heterocycles. The van der Waals surface area contributed by atoms with Crippen molar-refractivity contribution in [2.24, 2.45) is 10.9 Å².